The lowest BCUT2D eigenvalue weighted by Gasteiger charge is -2.65. The largest absolute Gasteiger partial charge is 0.462 e. The molecule has 0 radical (unpaired) electrons. The van der Waals surface area contributed by atoms with Gasteiger partial charge in [0.1, 0.15) is 18.2 Å². The van der Waals surface area contributed by atoms with E-state index in [1.54, 1.807) is 0 Å². The molecule has 146 valence electrons. The Hall–Kier alpha value is -1.49. The number of fused-ring (bicyclic) bond motifs is 1. The third-order valence-corrected chi connectivity index (χ3v) is 9.30. The second-order valence-corrected chi connectivity index (χ2v) is 10.0. The van der Waals surface area contributed by atoms with Crippen LogP contribution < -0.4 is 0 Å². The molecule has 0 aromatic carbocycles. The Labute approximate surface area is 159 Å². The molecule has 0 aromatic rings. The van der Waals surface area contributed by atoms with Crippen molar-refractivity contribution in [1.29, 1.82) is 0 Å². The van der Waals surface area contributed by atoms with Crippen molar-refractivity contribution in [2.75, 3.05) is 0 Å². The number of carbonyl (C=O) groups excluding carboxylic acids is 3. The van der Waals surface area contributed by atoms with E-state index in [9.17, 15) is 19.5 Å². The van der Waals surface area contributed by atoms with E-state index in [4.69, 9.17) is 4.74 Å². The predicted molar refractivity (Wildman–Crippen MR) is 96.4 cm³/mol. The monoisotopic (exact) mass is 372 g/mol. The van der Waals surface area contributed by atoms with Crippen molar-refractivity contribution in [1.82, 2.24) is 0 Å². The maximum atomic E-state index is 13.9. The molecule has 0 amide bonds. The van der Waals surface area contributed by atoms with Gasteiger partial charge in [0.2, 0.25) is 0 Å². The Morgan fingerprint density at radius 2 is 2.00 bits per heavy atom. The van der Waals surface area contributed by atoms with Crippen LogP contribution in [0.15, 0.2) is 12.2 Å². The smallest absolute Gasteiger partial charge is 0.302 e. The minimum absolute atomic E-state index is 0.0237. The van der Waals surface area contributed by atoms with Gasteiger partial charge in [-0.25, -0.2) is 0 Å². The number of Topliss-reactive ketones (excluding diaryl/α,β-unsaturated/α-hetero) is 1. The Morgan fingerprint density at radius 1 is 1.26 bits per heavy atom. The van der Waals surface area contributed by atoms with Crippen molar-refractivity contribution < 1.29 is 24.2 Å². The Kier molecular flexibility index (Phi) is 3.33. The molecular formula is C22H28O5. The van der Waals surface area contributed by atoms with Crippen molar-refractivity contribution in [3.63, 3.8) is 0 Å². The Bertz CT molecular complexity index is 773. The first-order chi connectivity index (χ1) is 12.7. The molecule has 0 saturated heterocycles. The molecule has 6 fully saturated rings. The van der Waals surface area contributed by atoms with Gasteiger partial charge in [-0.15, -0.1) is 0 Å². The number of rotatable bonds is 2. The highest BCUT2D eigenvalue weighted by atomic mass is 16.5. The maximum Gasteiger partial charge on any atom is 0.302 e. The standard InChI is InChI=1S/C22H28O5/c1-11-13-7-14-19(26)21-6-4-5-20(3,10-23)15(21)9-17(27-12(2)24)22(14,18(11)25)16(21)8-13/h10,13-18,25H,1,4-9H2,2-3H3/t13-,14+,15+,16-,17+,18-,20-,21-,22+/m0/s1. The summed E-state index contributed by atoms with van der Waals surface area (Å²) in [6, 6.07) is 0. The van der Waals surface area contributed by atoms with E-state index in [1.807, 2.05) is 6.92 Å². The Balaban J connectivity index is 1.75. The summed E-state index contributed by atoms with van der Waals surface area (Å²) in [6.07, 6.45) is 4.13. The first-order valence-electron chi connectivity index (χ1n) is 10.3. The molecule has 5 bridgehead atoms. The van der Waals surface area contributed by atoms with E-state index < -0.39 is 28.5 Å². The maximum absolute atomic E-state index is 13.9. The quantitative estimate of drug-likeness (QED) is 0.457. The summed E-state index contributed by atoms with van der Waals surface area (Å²) in [4.78, 5) is 38.0. The lowest BCUT2D eigenvalue weighted by atomic mass is 9.39. The van der Waals surface area contributed by atoms with Crippen LogP contribution in [-0.4, -0.2) is 35.4 Å². The summed E-state index contributed by atoms with van der Waals surface area (Å²) >= 11 is 0. The Morgan fingerprint density at radius 3 is 2.67 bits per heavy atom. The van der Waals surface area contributed by atoms with Gasteiger partial charge in [0, 0.05) is 23.7 Å². The van der Waals surface area contributed by atoms with E-state index in [-0.39, 0.29) is 35.4 Å². The molecule has 6 rings (SSSR count). The van der Waals surface area contributed by atoms with Crippen molar-refractivity contribution >= 4 is 18.0 Å². The highest BCUT2D eigenvalue weighted by Crippen LogP contribution is 2.79. The zero-order valence-corrected chi connectivity index (χ0v) is 16.1. The fraction of sp³-hybridized carbons (Fsp3) is 0.773. The molecule has 2 spiro atoms. The SMILES string of the molecule is C=C1[C@H]2C[C@@H]3C(=O)[C@@]45CCC[C@@](C)(C=O)[C@H]4C[C@@H](OC(C)=O)[C@]3([C@H]1O)[C@H]5C2. The summed E-state index contributed by atoms with van der Waals surface area (Å²) in [5.74, 6) is -0.429. The van der Waals surface area contributed by atoms with Crippen molar-refractivity contribution in [2.45, 2.75) is 64.6 Å². The lowest BCUT2D eigenvalue weighted by Crippen LogP contribution is -2.67. The number of aldehydes is 1. The van der Waals surface area contributed by atoms with Gasteiger partial charge < -0.3 is 14.6 Å². The van der Waals surface area contributed by atoms with Crippen molar-refractivity contribution in [3.05, 3.63) is 12.2 Å². The van der Waals surface area contributed by atoms with Crippen LogP contribution in [-0.2, 0) is 19.1 Å². The molecule has 5 heteroatoms. The highest BCUT2D eigenvalue weighted by molar-refractivity contribution is 5.94. The van der Waals surface area contributed by atoms with E-state index in [0.29, 0.717) is 12.8 Å². The van der Waals surface area contributed by atoms with E-state index in [0.717, 1.165) is 37.5 Å². The summed E-state index contributed by atoms with van der Waals surface area (Å²) in [6.45, 7) is 7.50. The summed E-state index contributed by atoms with van der Waals surface area (Å²) < 4.78 is 5.82. The van der Waals surface area contributed by atoms with Crippen LogP contribution in [0.25, 0.3) is 0 Å². The van der Waals surface area contributed by atoms with E-state index in [1.165, 1.54) is 6.92 Å². The molecule has 6 saturated carbocycles. The van der Waals surface area contributed by atoms with Crippen molar-refractivity contribution in [2.24, 2.45) is 39.9 Å². The van der Waals surface area contributed by atoms with E-state index >= 15 is 0 Å². The van der Waals surface area contributed by atoms with Crippen LogP contribution in [0.4, 0.5) is 0 Å². The number of aliphatic hydroxyl groups excluding tert-OH is 1. The minimum Gasteiger partial charge on any atom is -0.462 e. The predicted octanol–water partition coefficient (Wildman–Crippen LogP) is 2.46. The fourth-order valence-electron chi connectivity index (χ4n) is 8.46. The average Bonchev–Trinajstić information content (AvgIpc) is 2.72. The molecule has 0 heterocycles. The zero-order chi connectivity index (χ0) is 19.4. The molecule has 6 aliphatic carbocycles. The average molecular weight is 372 g/mol. The first kappa shape index (κ1) is 17.6. The zero-order valence-electron chi connectivity index (χ0n) is 16.1. The number of aliphatic hydroxyl groups is 1. The van der Waals surface area contributed by atoms with Crippen LogP contribution in [0.3, 0.4) is 0 Å². The summed E-state index contributed by atoms with van der Waals surface area (Å²) in [5.41, 5.74) is -1.07. The van der Waals surface area contributed by atoms with Crippen LogP contribution in [0.2, 0.25) is 0 Å². The van der Waals surface area contributed by atoms with Crippen LogP contribution in [0.5, 0.6) is 0 Å². The van der Waals surface area contributed by atoms with Crippen LogP contribution in [0, 0.1) is 39.9 Å². The van der Waals surface area contributed by atoms with Gasteiger partial charge in [-0.1, -0.05) is 19.9 Å². The molecular weight excluding hydrogens is 344 g/mol. The first-order valence-corrected chi connectivity index (χ1v) is 10.3. The molecule has 27 heavy (non-hydrogen) atoms. The highest BCUT2D eigenvalue weighted by Gasteiger charge is 2.82. The number of ketones is 1. The molecule has 5 nitrogen and oxygen atoms in total. The molecule has 1 N–H and O–H groups in total. The number of esters is 1. The van der Waals surface area contributed by atoms with Gasteiger partial charge in [0.05, 0.1) is 11.5 Å². The van der Waals surface area contributed by atoms with Gasteiger partial charge in [-0.2, -0.15) is 0 Å². The summed E-state index contributed by atoms with van der Waals surface area (Å²) in [7, 11) is 0. The lowest BCUT2D eigenvalue weighted by molar-refractivity contribution is -0.231. The van der Waals surface area contributed by atoms with Gasteiger partial charge in [-0.05, 0) is 55.4 Å². The van der Waals surface area contributed by atoms with Gasteiger partial charge >= 0.3 is 5.97 Å². The molecule has 6 aliphatic rings. The van der Waals surface area contributed by atoms with Gasteiger partial charge in [-0.3, -0.25) is 9.59 Å². The van der Waals surface area contributed by atoms with Crippen LogP contribution >= 0.6 is 0 Å². The third kappa shape index (κ3) is 1.70. The summed E-state index contributed by atoms with van der Waals surface area (Å²) in [5, 5.41) is 11.3. The second-order valence-electron chi connectivity index (χ2n) is 10.0. The number of hydrogen-bond acceptors (Lipinski definition) is 5. The van der Waals surface area contributed by atoms with Crippen LogP contribution in [0.1, 0.15) is 52.4 Å². The molecule has 0 aromatic heterocycles. The number of carbonyl (C=O) groups is 3. The minimum atomic E-state index is -0.807. The number of ether oxygens (including phenoxy) is 1. The third-order valence-electron chi connectivity index (χ3n) is 9.30. The fourth-order valence-corrected chi connectivity index (χ4v) is 8.46. The van der Waals surface area contributed by atoms with Gasteiger partial charge in [0.25, 0.3) is 0 Å². The topological polar surface area (TPSA) is 80.7 Å². The molecule has 0 unspecified atom stereocenters. The van der Waals surface area contributed by atoms with Crippen molar-refractivity contribution in [3.8, 4) is 0 Å². The van der Waals surface area contributed by atoms with E-state index in [2.05, 4.69) is 6.58 Å². The molecule has 0 aliphatic heterocycles. The normalized spacial score (nSPS) is 55.2. The number of hydrogen-bond donors (Lipinski definition) is 1. The van der Waals surface area contributed by atoms with Gasteiger partial charge in [0.15, 0.2) is 0 Å². The molecule has 9 atom stereocenters. The second kappa shape index (κ2) is 5.11.